The highest BCUT2D eigenvalue weighted by atomic mass is 16.1. The van der Waals surface area contributed by atoms with Gasteiger partial charge in [0, 0.05) is 29.2 Å². The fourth-order valence-electron chi connectivity index (χ4n) is 2.06. The Balaban J connectivity index is 2.88. The Morgan fingerprint density at radius 3 is 2.73 bits per heavy atom. The lowest BCUT2D eigenvalue weighted by molar-refractivity contribution is 0.101. The second kappa shape index (κ2) is 3.54. The number of hydrogen-bond acceptors (Lipinski definition) is 1. The molecule has 2 heteroatoms. The van der Waals surface area contributed by atoms with Crippen LogP contribution in [0.1, 0.15) is 29.8 Å². The van der Waals surface area contributed by atoms with Gasteiger partial charge >= 0.3 is 0 Å². The molecule has 0 saturated heterocycles. The number of carbonyl (C=O) groups is 1. The normalized spacial score (nSPS) is 10.9. The summed E-state index contributed by atoms with van der Waals surface area (Å²) in [5.74, 6) is 0.140. The molecule has 0 aliphatic rings. The number of aromatic nitrogens is 1. The van der Waals surface area contributed by atoms with Crippen molar-refractivity contribution in [2.75, 3.05) is 0 Å². The molecule has 2 aromatic rings. The number of carbonyl (C=O) groups excluding carboxylic acids is 1. The average Bonchev–Trinajstić information content (AvgIpc) is 2.58. The first-order valence-corrected chi connectivity index (χ1v) is 5.24. The van der Waals surface area contributed by atoms with Crippen LogP contribution in [0.4, 0.5) is 0 Å². The van der Waals surface area contributed by atoms with Crippen LogP contribution in [0.2, 0.25) is 0 Å². The monoisotopic (exact) mass is 201 g/mol. The van der Waals surface area contributed by atoms with Crippen LogP contribution < -0.4 is 0 Å². The lowest BCUT2D eigenvalue weighted by Crippen LogP contribution is -1.91. The highest BCUT2D eigenvalue weighted by molar-refractivity contribution is 6.08. The molecule has 0 radical (unpaired) electrons. The van der Waals surface area contributed by atoms with Crippen molar-refractivity contribution in [2.45, 2.75) is 27.3 Å². The topological polar surface area (TPSA) is 22.0 Å². The number of ketones is 1. The molecule has 0 aliphatic heterocycles. The van der Waals surface area contributed by atoms with E-state index in [2.05, 4.69) is 30.5 Å². The van der Waals surface area contributed by atoms with E-state index in [9.17, 15) is 4.79 Å². The Labute approximate surface area is 89.5 Å². The molecule has 0 amide bonds. The van der Waals surface area contributed by atoms with Crippen molar-refractivity contribution < 1.29 is 4.79 Å². The van der Waals surface area contributed by atoms with E-state index in [4.69, 9.17) is 0 Å². The summed E-state index contributed by atoms with van der Waals surface area (Å²) in [6.07, 6.45) is 1.96. The highest BCUT2D eigenvalue weighted by Crippen LogP contribution is 2.25. The minimum absolute atomic E-state index is 0.140. The van der Waals surface area contributed by atoms with Crippen molar-refractivity contribution >= 4 is 16.7 Å². The molecule has 15 heavy (non-hydrogen) atoms. The quantitative estimate of drug-likeness (QED) is 0.684. The Bertz CT molecular complexity index is 523. The maximum atomic E-state index is 11.5. The second-order valence-corrected chi connectivity index (χ2v) is 3.85. The first-order chi connectivity index (χ1) is 7.15. The summed E-state index contributed by atoms with van der Waals surface area (Å²) in [5, 5.41) is 1.10. The summed E-state index contributed by atoms with van der Waals surface area (Å²) in [4.78, 5) is 11.5. The van der Waals surface area contributed by atoms with Crippen LogP contribution in [0.5, 0.6) is 0 Å². The SMILES string of the molecule is CCn1cc(C(C)=O)c2c(C)cccc21. The van der Waals surface area contributed by atoms with Gasteiger partial charge in [-0.25, -0.2) is 0 Å². The van der Waals surface area contributed by atoms with Crippen LogP contribution in [0.25, 0.3) is 10.9 Å². The van der Waals surface area contributed by atoms with Gasteiger partial charge in [-0.1, -0.05) is 12.1 Å². The van der Waals surface area contributed by atoms with Gasteiger partial charge < -0.3 is 4.57 Å². The summed E-state index contributed by atoms with van der Waals surface area (Å²) in [5.41, 5.74) is 3.16. The summed E-state index contributed by atoms with van der Waals surface area (Å²) in [7, 11) is 0. The van der Waals surface area contributed by atoms with Crippen molar-refractivity contribution in [1.82, 2.24) is 4.57 Å². The minimum atomic E-state index is 0.140. The van der Waals surface area contributed by atoms with Crippen LogP contribution in [0.3, 0.4) is 0 Å². The predicted molar refractivity (Wildman–Crippen MR) is 62.4 cm³/mol. The third kappa shape index (κ3) is 1.46. The van der Waals surface area contributed by atoms with Gasteiger partial charge in [0.15, 0.2) is 5.78 Å². The zero-order valence-electron chi connectivity index (χ0n) is 9.37. The molecule has 0 unspecified atom stereocenters. The van der Waals surface area contributed by atoms with Gasteiger partial charge in [-0.05, 0) is 32.4 Å². The first kappa shape index (κ1) is 9.97. The van der Waals surface area contributed by atoms with E-state index in [-0.39, 0.29) is 5.78 Å². The lowest BCUT2D eigenvalue weighted by atomic mass is 10.1. The molecule has 1 heterocycles. The standard InChI is InChI=1S/C13H15NO/c1-4-14-8-11(10(3)15)13-9(2)6-5-7-12(13)14/h5-8H,4H2,1-3H3. The van der Waals surface area contributed by atoms with Gasteiger partial charge in [0.1, 0.15) is 0 Å². The minimum Gasteiger partial charge on any atom is -0.347 e. The number of fused-ring (bicyclic) bond motifs is 1. The summed E-state index contributed by atoms with van der Waals surface area (Å²) in [6, 6.07) is 6.15. The predicted octanol–water partition coefficient (Wildman–Crippen LogP) is 3.17. The number of rotatable bonds is 2. The zero-order chi connectivity index (χ0) is 11.0. The van der Waals surface area contributed by atoms with Gasteiger partial charge in [-0.2, -0.15) is 0 Å². The van der Waals surface area contributed by atoms with Crippen molar-refractivity contribution in [2.24, 2.45) is 0 Å². The molecule has 0 fully saturated rings. The number of Topliss-reactive ketones (excluding diaryl/α,β-unsaturated/α-hetero) is 1. The van der Waals surface area contributed by atoms with Crippen LogP contribution in [-0.2, 0) is 6.54 Å². The van der Waals surface area contributed by atoms with Gasteiger partial charge in [0.25, 0.3) is 0 Å². The van der Waals surface area contributed by atoms with E-state index >= 15 is 0 Å². The van der Waals surface area contributed by atoms with Gasteiger partial charge in [-0.15, -0.1) is 0 Å². The Kier molecular flexibility index (Phi) is 2.35. The van der Waals surface area contributed by atoms with Crippen LogP contribution >= 0.6 is 0 Å². The molecule has 1 aromatic heterocycles. The van der Waals surface area contributed by atoms with E-state index in [0.29, 0.717) is 0 Å². The number of benzene rings is 1. The van der Waals surface area contributed by atoms with Crippen molar-refractivity contribution in [3.05, 3.63) is 35.5 Å². The number of nitrogens with zero attached hydrogens (tertiary/aromatic N) is 1. The van der Waals surface area contributed by atoms with Crippen molar-refractivity contribution in [3.8, 4) is 0 Å². The molecular formula is C13H15NO. The van der Waals surface area contributed by atoms with Crippen LogP contribution in [0, 0.1) is 6.92 Å². The molecular weight excluding hydrogens is 186 g/mol. The summed E-state index contributed by atoms with van der Waals surface area (Å²) < 4.78 is 2.12. The Morgan fingerprint density at radius 1 is 1.40 bits per heavy atom. The van der Waals surface area contributed by atoms with Crippen LogP contribution in [0.15, 0.2) is 24.4 Å². The maximum Gasteiger partial charge on any atom is 0.161 e. The molecule has 2 nitrogen and oxygen atoms in total. The molecule has 2 rings (SSSR count). The number of hydrogen-bond donors (Lipinski definition) is 0. The second-order valence-electron chi connectivity index (χ2n) is 3.85. The van der Waals surface area contributed by atoms with E-state index < -0.39 is 0 Å². The third-order valence-corrected chi connectivity index (χ3v) is 2.83. The molecule has 0 aliphatic carbocycles. The van der Waals surface area contributed by atoms with Gasteiger partial charge in [0.05, 0.1) is 0 Å². The molecule has 1 aromatic carbocycles. The molecule has 78 valence electrons. The van der Waals surface area contributed by atoms with Crippen LogP contribution in [-0.4, -0.2) is 10.4 Å². The smallest absolute Gasteiger partial charge is 0.161 e. The van der Waals surface area contributed by atoms with E-state index in [0.717, 1.165) is 23.0 Å². The largest absolute Gasteiger partial charge is 0.347 e. The van der Waals surface area contributed by atoms with E-state index in [1.807, 2.05) is 12.3 Å². The van der Waals surface area contributed by atoms with Gasteiger partial charge in [0.2, 0.25) is 0 Å². The lowest BCUT2D eigenvalue weighted by Gasteiger charge is -2.01. The molecule has 0 atom stereocenters. The molecule has 0 spiro atoms. The summed E-state index contributed by atoms with van der Waals surface area (Å²) >= 11 is 0. The Morgan fingerprint density at radius 2 is 2.13 bits per heavy atom. The Hall–Kier alpha value is -1.57. The summed E-state index contributed by atoms with van der Waals surface area (Å²) in [6.45, 7) is 6.66. The number of aryl methyl sites for hydroxylation is 2. The van der Waals surface area contributed by atoms with E-state index in [1.165, 1.54) is 5.56 Å². The molecule has 0 saturated carbocycles. The van der Waals surface area contributed by atoms with Crippen molar-refractivity contribution in [3.63, 3.8) is 0 Å². The van der Waals surface area contributed by atoms with Gasteiger partial charge in [-0.3, -0.25) is 4.79 Å². The first-order valence-electron chi connectivity index (χ1n) is 5.24. The fourth-order valence-corrected chi connectivity index (χ4v) is 2.06. The molecule has 0 bridgehead atoms. The van der Waals surface area contributed by atoms with Crippen molar-refractivity contribution in [1.29, 1.82) is 0 Å². The fraction of sp³-hybridized carbons (Fsp3) is 0.308. The molecule has 0 N–H and O–H groups in total. The highest BCUT2D eigenvalue weighted by Gasteiger charge is 2.12. The third-order valence-electron chi connectivity index (χ3n) is 2.83. The average molecular weight is 201 g/mol. The van der Waals surface area contributed by atoms with E-state index in [1.54, 1.807) is 6.92 Å². The zero-order valence-corrected chi connectivity index (χ0v) is 9.37. The maximum absolute atomic E-state index is 11.5.